The Bertz CT molecular complexity index is 1200. The second-order valence-electron chi connectivity index (χ2n) is 10.0. The minimum atomic E-state index is 0.00427. The largest absolute Gasteiger partial charge is 0.493 e. The smallest absolute Gasteiger partial charge is 0.234 e. The van der Waals surface area contributed by atoms with E-state index in [1.165, 1.54) is 11.1 Å². The highest BCUT2D eigenvalue weighted by Crippen LogP contribution is 2.24. The Hall–Kier alpha value is -3.64. The second-order valence-corrected chi connectivity index (χ2v) is 10.0. The van der Waals surface area contributed by atoms with E-state index in [1.54, 1.807) is 0 Å². The van der Waals surface area contributed by atoms with Gasteiger partial charge in [0, 0.05) is 31.7 Å². The van der Waals surface area contributed by atoms with Gasteiger partial charge in [0.1, 0.15) is 5.75 Å². The van der Waals surface area contributed by atoms with Gasteiger partial charge in [0.15, 0.2) is 0 Å². The predicted octanol–water partition coefficient (Wildman–Crippen LogP) is 4.58. The Morgan fingerprint density at radius 2 is 1.76 bits per heavy atom. The molecule has 6 heteroatoms. The third-order valence-corrected chi connectivity index (χ3v) is 6.88. The van der Waals surface area contributed by atoms with Crippen molar-refractivity contribution in [2.75, 3.05) is 26.2 Å². The van der Waals surface area contributed by atoms with Gasteiger partial charge in [-0.15, -0.1) is 0 Å². The molecule has 2 amide bonds. The molecule has 0 fully saturated rings. The Morgan fingerprint density at radius 3 is 2.61 bits per heavy atom. The zero-order chi connectivity index (χ0) is 26.6. The molecular weight excluding hydrogens is 474 g/mol. The van der Waals surface area contributed by atoms with Gasteiger partial charge in [0.2, 0.25) is 11.8 Å². The summed E-state index contributed by atoms with van der Waals surface area (Å²) in [5, 5.41) is 6.12. The molecule has 0 unspecified atom stereocenters. The lowest BCUT2D eigenvalue weighted by atomic mass is 10.0. The average Bonchev–Trinajstić information content (AvgIpc) is 2.92. The van der Waals surface area contributed by atoms with E-state index in [4.69, 9.17) is 4.74 Å². The van der Waals surface area contributed by atoms with E-state index >= 15 is 0 Å². The molecule has 0 saturated carbocycles. The molecule has 0 bridgehead atoms. The molecule has 6 nitrogen and oxygen atoms in total. The quantitative estimate of drug-likeness (QED) is 0.485. The number of benzene rings is 3. The number of nitrogens with zero attached hydrogens (tertiary/aromatic N) is 1. The van der Waals surface area contributed by atoms with Gasteiger partial charge in [-0.05, 0) is 60.9 Å². The van der Waals surface area contributed by atoms with Crippen LogP contribution in [0.3, 0.4) is 0 Å². The summed E-state index contributed by atoms with van der Waals surface area (Å²) in [4.78, 5) is 27.6. The molecule has 0 atom stereocenters. The summed E-state index contributed by atoms with van der Waals surface area (Å²) in [6, 6.07) is 24.5. The molecule has 38 heavy (non-hydrogen) atoms. The van der Waals surface area contributed by atoms with Crippen LogP contribution in [-0.4, -0.2) is 43.0 Å². The number of carbonyl (C=O) groups is 2. The molecule has 4 rings (SSSR count). The minimum absolute atomic E-state index is 0.00427. The second kappa shape index (κ2) is 14.3. The van der Waals surface area contributed by atoms with Gasteiger partial charge in [-0.2, -0.15) is 0 Å². The summed E-state index contributed by atoms with van der Waals surface area (Å²) < 4.78 is 6.18. The molecule has 0 radical (unpaired) electrons. The van der Waals surface area contributed by atoms with E-state index in [0.717, 1.165) is 48.1 Å². The minimum Gasteiger partial charge on any atom is -0.493 e. The van der Waals surface area contributed by atoms with Crippen LogP contribution >= 0.6 is 0 Å². The van der Waals surface area contributed by atoms with Crippen molar-refractivity contribution in [1.82, 2.24) is 15.5 Å². The number of aryl methyl sites for hydroxylation is 1. The van der Waals surface area contributed by atoms with Crippen molar-refractivity contribution < 1.29 is 14.3 Å². The summed E-state index contributed by atoms with van der Waals surface area (Å²) in [5.74, 6) is 0.864. The van der Waals surface area contributed by atoms with E-state index in [9.17, 15) is 9.59 Å². The van der Waals surface area contributed by atoms with Crippen molar-refractivity contribution in [2.24, 2.45) is 0 Å². The van der Waals surface area contributed by atoms with Crippen molar-refractivity contribution >= 4 is 11.8 Å². The molecule has 1 heterocycles. The number of fused-ring (bicyclic) bond motifs is 1. The van der Waals surface area contributed by atoms with Crippen LogP contribution in [0.4, 0.5) is 0 Å². The van der Waals surface area contributed by atoms with E-state index < -0.39 is 0 Å². The summed E-state index contributed by atoms with van der Waals surface area (Å²) in [6.07, 6.45) is 4.00. The molecule has 3 aromatic carbocycles. The van der Waals surface area contributed by atoms with Crippen LogP contribution in [0.2, 0.25) is 0 Å². The number of carbonyl (C=O) groups excluding carboxylic acids is 2. The summed E-state index contributed by atoms with van der Waals surface area (Å²) in [7, 11) is 0. The number of hydrogen-bond acceptors (Lipinski definition) is 4. The van der Waals surface area contributed by atoms with Gasteiger partial charge in [-0.3, -0.25) is 14.5 Å². The van der Waals surface area contributed by atoms with Crippen molar-refractivity contribution in [3.8, 4) is 5.75 Å². The maximum Gasteiger partial charge on any atom is 0.234 e. The van der Waals surface area contributed by atoms with E-state index in [2.05, 4.69) is 52.8 Å². The van der Waals surface area contributed by atoms with Crippen LogP contribution in [0.15, 0.2) is 72.8 Å². The van der Waals surface area contributed by atoms with Crippen LogP contribution in [0.1, 0.15) is 47.1 Å². The molecule has 0 saturated heterocycles. The first kappa shape index (κ1) is 27.4. The topological polar surface area (TPSA) is 70.7 Å². The fraction of sp³-hybridized carbons (Fsp3) is 0.375. The van der Waals surface area contributed by atoms with Gasteiger partial charge < -0.3 is 15.4 Å². The zero-order valence-electron chi connectivity index (χ0n) is 22.4. The highest BCUT2D eigenvalue weighted by Gasteiger charge is 2.17. The van der Waals surface area contributed by atoms with Crippen LogP contribution in [0.25, 0.3) is 0 Å². The molecule has 1 aliphatic rings. The van der Waals surface area contributed by atoms with Gasteiger partial charge in [0.25, 0.3) is 0 Å². The van der Waals surface area contributed by atoms with Gasteiger partial charge in [-0.1, -0.05) is 66.7 Å². The average molecular weight is 514 g/mol. The highest BCUT2D eigenvalue weighted by molar-refractivity contribution is 5.79. The van der Waals surface area contributed by atoms with Crippen LogP contribution in [0, 0.1) is 6.92 Å². The van der Waals surface area contributed by atoms with Crippen molar-refractivity contribution in [3.63, 3.8) is 0 Å². The molecule has 2 N–H and O–H groups in total. The van der Waals surface area contributed by atoms with E-state index in [-0.39, 0.29) is 11.8 Å². The number of amides is 2. The Kier molecular flexibility index (Phi) is 10.3. The Labute approximate surface area is 226 Å². The molecular formula is C32H39N3O3. The molecule has 200 valence electrons. The van der Waals surface area contributed by atoms with Crippen molar-refractivity contribution in [1.29, 1.82) is 0 Å². The lowest BCUT2D eigenvalue weighted by molar-refractivity contribution is -0.122. The molecule has 0 aromatic heterocycles. The van der Waals surface area contributed by atoms with Crippen molar-refractivity contribution in [2.45, 2.75) is 52.1 Å². The number of rotatable bonds is 7. The molecule has 0 spiro atoms. The van der Waals surface area contributed by atoms with Gasteiger partial charge in [0.05, 0.1) is 19.6 Å². The van der Waals surface area contributed by atoms with Crippen LogP contribution < -0.4 is 15.4 Å². The third-order valence-electron chi connectivity index (χ3n) is 6.88. The maximum absolute atomic E-state index is 12.7. The molecule has 0 aliphatic carbocycles. The Morgan fingerprint density at radius 1 is 0.947 bits per heavy atom. The molecule has 1 aliphatic heterocycles. The summed E-state index contributed by atoms with van der Waals surface area (Å²) in [5.41, 5.74) is 5.58. The monoisotopic (exact) mass is 513 g/mol. The van der Waals surface area contributed by atoms with Crippen LogP contribution in [0.5, 0.6) is 5.75 Å². The normalized spacial score (nSPS) is 15.1. The first-order valence-electron chi connectivity index (χ1n) is 13.7. The summed E-state index contributed by atoms with van der Waals surface area (Å²) >= 11 is 0. The standard InChI is InChI=1S/C32H39N3O3/c1-25-10-6-7-13-28(25)16-18-34-31(36)21-27-14-15-30-29(20-27)23-35(22-26-11-4-2-5-12-26)24-32(37)33-17-8-3-9-19-38-30/h2,4-7,10-15,20H,3,8-9,16-19,21-24H2,1H3,(H,33,37)(H,34,36). The van der Waals surface area contributed by atoms with E-state index in [0.29, 0.717) is 45.8 Å². The Balaban J connectivity index is 1.46. The predicted molar refractivity (Wildman–Crippen MR) is 151 cm³/mol. The lowest BCUT2D eigenvalue weighted by Crippen LogP contribution is -2.37. The van der Waals surface area contributed by atoms with E-state index in [1.807, 2.05) is 42.5 Å². The van der Waals surface area contributed by atoms with Crippen molar-refractivity contribution in [3.05, 3.63) is 101 Å². The van der Waals surface area contributed by atoms with Gasteiger partial charge >= 0.3 is 0 Å². The fourth-order valence-corrected chi connectivity index (χ4v) is 4.81. The first-order valence-corrected chi connectivity index (χ1v) is 13.7. The maximum atomic E-state index is 12.7. The lowest BCUT2D eigenvalue weighted by Gasteiger charge is -2.23. The summed E-state index contributed by atoms with van der Waals surface area (Å²) in [6.45, 7) is 5.54. The first-order chi connectivity index (χ1) is 18.6. The number of hydrogen-bond donors (Lipinski definition) is 2. The zero-order valence-corrected chi connectivity index (χ0v) is 22.4. The number of nitrogens with one attached hydrogen (secondary N) is 2. The third kappa shape index (κ3) is 8.73. The highest BCUT2D eigenvalue weighted by atomic mass is 16.5. The fourth-order valence-electron chi connectivity index (χ4n) is 4.81. The molecule has 3 aromatic rings. The van der Waals surface area contributed by atoms with Crippen LogP contribution in [-0.2, 0) is 35.5 Å². The SMILES string of the molecule is Cc1ccccc1CCNC(=O)Cc1ccc2c(c1)CN(Cc1ccccc1)CC(=O)NCCCCCO2. The number of ether oxygens (including phenoxy) is 1. The van der Waals surface area contributed by atoms with Gasteiger partial charge in [-0.25, -0.2) is 0 Å².